The molecule has 1 heterocycles. The molecule has 0 radical (unpaired) electrons. The number of nitrogens with two attached hydrogens (primary N) is 1. The van der Waals surface area contributed by atoms with Crippen molar-refractivity contribution in [3.63, 3.8) is 0 Å². The minimum Gasteiger partial charge on any atom is -0.497 e. The summed E-state index contributed by atoms with van der Waals surface area (Å²) in [5.74, 6) is 1.87. The van der Waals surface area contributed by atoms with Crippen LogP contribution in [-0.4, -0.2) is 60.9 Å². The number of amides is 2. The third-order valence-electron chi connectivity index (χ3n) is 6.46. The second-order valence-corrected chi connectivity index (χ2v) is 7.79. The summed E-state index contributed by atoms with van der Waals surface area (Å²) in [6, 6.07) is 7.23. The van der Waals surface area contributed by atoms with Crippen LogP contribution in [-0.2, 0) is 4.79 Å². The van der Waals surface area contributed by atoms with Gasteiger partial charge in [0.15, 0.2) is 0 Å². The third-order valence-corrected chi connectivity index (χ3v) is 6.46. The average molecular weight is 357 g/mol. The minimum atomic E-state index is -0.00683. The molecule has 6 nitrogen and oxygen atoms in total. The topological polar surface area (TPSA) is 75.9 Å². The lowest BCUT2D eigenvalue weighted by atomic mass is 9.84. The molecule has 3 aliphatic rings. The second kappa shape index (κ2) is 6.91. The highest BCUT2D eigenvalue weighted by molar-refractivity contribution is 5.94. The molecular weight excluding hydrogens is 330 g/mol. The van der Waals surface area contributed by atoms with Gasteiger partial charge in [-0.25, -0.2) is 0 Å². The number of hydrogen-bond donors (Lipinski definition) is 1. The lowest BCUT2D eigenvalue weighted by Gasteiger charge is -2.38. The van der Waals surface area contributed by atoms with Crippen LogP contribution in [0.25, 0.3) is 0 Å². The molecule has 4 rings (SSSR count). The van der Waals surface area contributed by atoms with E-state index in [0.29, 0.717) is 49.3 Å². The highest BCUT2D eigenvalue weighted by Crippen LogP contribution is 2.48. The van der Waals surface area contributed by atoms with E-state index in [4.69, 9.17) is 10.5 Å². The van der Waals surface area contributed by atoms with Crippen LogP contribution in [0.5, 0.6) is 5.75 Å². The first-order valence-electron chi connectivity index (χ1n) is 9.56. The molecule has 4 unspecified atom stereocenters. The average Bonchev–Trinajstić information content (AvgIpc) is 3.28. The maximum absolute atomic E-state index is 13.0. The summed E-state index contributed by atoms with van der Waals surface area (Å²) in [7, 11) is 1.59. The fraction of sp³-hybridized carbons (Fsp3) is 0.600. The van der Waals surface area contributed by atoms with Gasteiger partial charge in [-0.15, -0.1) is 0 Å². The number of ether oxygens (including phenoxy) is 1. The van der Waals surface area contributed by atoms with E-state index >= 15 is 0 Å². The minimum absolute atomic E-state index is 0.00520. The van der Waals surface area contributed by atoms with Crippen LogP contribution in [0.1, 0.15) is 29.6 Å². The highest BCUT2D eigenvalue weighted by Gasteiger charge is 2.50. The van der Waals surface area contributed by atoms with Gasteiger partial charge in [0.2, 0.25) is 5.91 Å². The molecule has 140 valence electrons. The summed E-state index contributed by atoms with van der Waals surface area (Å²) < 4.78 is 5.20. The predicted molar refractivity (Wildman–Crippen MR) is 97.8 cm³/mol. The third kappa shape index (κ3) is 2.96. The van der Waals surface area contributed by atoms with Gasteiger partial charge in [-0.3, -0.25) is 9.59 Å². The number of fused-ring (bicyclic) bond motifs is 2. The Morgan fingerprint density at radius 2 is 1.77 bits per heavy atom. The molecule has 26 heavy (non-hydrogen) atoms. The highest BCUT2D eigenvalue weighted by atomic mass is 16.5. The van der Waals surface area contributed by atoms with Gasteiger partial charge in [0.05, 0.1) is 13.0 Å². The summed E-state index contributed by atoms with van der Waals surface area (Å²) >= 11 is 0. The van der Waals surface area contributed by atoms with Gasteiger partial charge in [0.25, 0.3) is 5.91 Å². The van der Waals surface area contributed by atoms with Gasteiger partial charge < -0.3 is 20.3 Å². The first-order chi connectivity index (χ1) is 12.6. The van der Waals surface area contributed by atoms with Gasteiger partial charge in [0, 0.05) is 37.8 Å². The molecule has 1 aromatic rings. The molecule has 2 saturated carbocycles. The van der Waals surface area contributed by atoms with Crippen molar-refractivity contribution in [2.75, 3.05) is 33.3 Å². The standard InChI is InChI=1S/C20H27N3O3/c1-26-16-4-2-3-15(12-16)19(24)22-7-9-23(10-8-22)20(25)17-13-5-6-14(11-13)18(17)21/h2-4,12-14,17-18H,5-11,21H2,1H3. The van der Waals surface area contributed by atoms with E-state index in [-0.39, 0.29) is 23.8 Å². The first-order valence-corrected chi connectivity index (χ1v) is 9.56. The molecule has 0 aromatic heterocycles. The normalized spacial score (nSPS) is 30.5. The van der Waals surface area contributed by atoms with Crippen molar-refractivity contribution in [1.29, 1.82) is 0 Å². The monoisotopic (exact) mass is 357 g/mol. The second-order valence-electron chi connectivity index (χ2n) is 7.79. The van der Waals surface area contributed by atoms with Gasteiger partial charge in [-0.1, -0.05) is 6.07 Å². The molecule has 2 bridgehead atoms. The molecule has 4 atom stereocenters. The molecule has 3 fully saturated rings. The number of carbonyl (C=O) groups excluding carboxylic acids is 2. The zero-order valence-electron chi connectivity index (χ0n) is 15.3. The van der Waals surface area contributed by atoms with Crippen LogP contribution >= 0.6 is 0 Å². The number of hydrogen-bond acceptors (Lipinski definition) is 4. The van der Waals surface area contributed by atoms with Crippen molar-refractivity contribution in [3.8, 4) is 5.75 Å². The van der Waals surface area contributed by atoms with Gasteiger partial charge in [-0.05, 0) is 49.3 Å². The summed E-state index contributed by atoms with van der Waals surface area (Å²) in [4.78, 5) is 29.4. The van der Waals surface area contributed by atoms with E-state index in [1.54, 1.807) is 19.2 Å². The van der Waals surface area contributed by atoms with Gasteiger partial charge >= 0.3 is 0 Å². The van der Waals surface area contributed by atoms with Crippen molar-refractivity contribution in [2.45, 2.75) is 25.3 Å². The van der Waals surface area contributed by atoms with Crippen LogP contribution in [0.4, 0.5) is 0 Å². The van der Waals surface area contributed by atoms with Crippen LogP contribution in [0.15, 0.2) is 24.3 Å². The van der Waals surface area contributed by atoms with E-state index < -0.39 is 0 Å². The number of piperazine rings is 1. The molecular formula is C20H27N3O3. The van der Waals surface area contributed by atoms with Crippen molar-refractivity contribution in [1.82, 2.24) is 9.80 Å². The molecule has 0 spiro atoms. The number of methoxy groups -OCH3 is 1. The zero-order valence-corrected chi connectivity index (χ0v) is 15.3. The van der Waals surface area contributed by atoms with Crippen LogP contribution in [0.3, 0.4) is 0 Å². The number of rotatable bonds is 3. The van der Waals surface area contributed by atoms with Crippen molar-refractivity contribution < 1.29 is 14.3 Å². The Morgan fingerprint density at radius 1 is 1.08 bits per heavy atom. The molecule has 2 N–H and O–H groups in total. The number of benzene rings is 1. The van der Waals surface area contributed by atoms with Crippen molar-refractivity contribution in [2.24, 2.45) is 23.5 Å². The summed E-state index contributed by atoms with van der Waals surface area (Å²) in [5, 5.41) is 0. The Morgan fingerprint density at radius 3 is 2.42 bits per heavy atom. The fourth-order valence-electron chi connectivity index (χ4n) is 4.98. The van der Waals surface area contributed by atoms with Crippen molar-refractivity contribution >= 4 is 11.8 Å². The first kappa shape index (κ1) is 17.3. The summed E-state index contributed by atoms with van der Waals surface area (Å²) in [6.07, 6.45) is 3.44. The fourth-order valence-corrected chi connectivity index (χ4v) is 4.98. The maximum Gasteiger partial charge on any atom is 0.254 e. The predicted octanol–water partition coefficient (Wildman–Crippen LogP) is 1.35. The summed E-state index contributed by atoms with van der Waals surface area (Å²) in [5.41, 5.74) is 6.95. The van der Waals surface area contributed by atoms with Crippen molar-refractivity contribution in [3.05, 3.63) is 29.8 Å². The molecule has 2 amide bonds. The Labute approximate surface area is 154 Å². The molecule has 2 aliphatic carbocycles. The van der Waals surface area contributed by atoms with Crippen LogP contribution in [0.2, 0.25) is 0 Å². The number of carbonyl (C=O) groups is 2. The Hall–Kier alpha value is -2.08. The summed E-state index contributed by atoms with van der Waals surface area (Å²) in [6.45, 7) is 2.32. The zero-order chi connectivity index (χ0) is 18.3. The Kier molecular flexibility index (Phi) is 4.61. The SMILES string of the molecule is COc1cccc(C(=O)N2CCN(C(=O)C3C4CCC(C4)C3N)CC2)c1. The maximum atomic E-state index is 13.0. The van der Waals surface area contributed by atoms with E-state index in [0.717, 1.165) is 12.8 Å². The smallest absolute Gasteiger partial charge is 0.254 e. The Balaban J connectivity index is 1.36. The van der Waals surface area contributed by atoms with E-state index in [1.165, 1.54) is 6.42 Å². The van der Waals surface area contributed by atoms with E-state index in [9.17, 15) is 9.59 Å². The lowest BCUT2D eigenvalue weighted by Crippen LogP contribution is -2.54. The van der Waals surface area contributed by atoms with Gasteiger partial charge in [0.1, 0.15) is 5.75 Å². The molecule has 1 aliphatic heterocycles. The largest absolute Gasteiger partial charge is 0.497 e. The van der Waals surface area contributed by atoms with E-state index in [2.05, 4.69) is 0 Å². The molecule has 1 saturated heterocycles. The molecule has 1 aromatic carbocycles. The van der Waals surface area contributed by atoms with Crippen LogP contribution < -0.4 is 10.5 Å². The van der Waals surface area contributed by atoms with Gasteiger partial charge in [-0.2, -0.15) is 0 Å². The van der Waals surface area contributed by atoms with Crippen LogP contribution in [0, 0.1) is 17.8 Å². The molecule has 6 heteroatoms. The quantitative estimate of drug-likeness (QED) is 0.886. The Bertz CT molecular complexity index is 697. The lowest BCUT2D eigenvalue weighted by molar-refractivity contribution is -0.139. The van der Waals surface area contributed by atoms with E-state index in [1.807, 2.05) is 21.9 Å². The number of nitrogens with zero attached hydrogens (tertiary/aromatic N) is 2.